The number of allylic oxidation sites excluding steroid dienone is 2. The van der Waals surface area contributed by atoms with Crippen molar-refractivity contribution in [3.8, 4) is 0 Å². The molecule has 0 saturated carbocycles. The lowest BCUT2D eigenvalue weighted by Gasteiger charge is -2.39. The number of nitrogens with zero attached hydrogens (tertiary/aromatic N) is 2. The van der Waals surface area contributed by atoms with E-state index in [0.717, 1.165) is 39.4 Å². The van der Waals surface area contributed by atoms with Crippen molar-refractivity contribution in [1.82, 2.24) is 9.78 Å². The predicted molar refractivity (Wildman–Crippen MR) is 136 cm³/mol. The molecule has 0 saturated heterocycles. The highest BCUT2D eigenvalue weighted by molar-refractivity contribution is 7.98. The van der Waals surface area contributed by atoms with Crippen LogP contribution in [0.3, 0.4) is 0 Å². The van der Waals surface area contributed by atoms with Gasteiger partial charge < -0.3 is 10.6 Å². The summed E-state index contributed by atoms with van der Waals surface area (Å²) >= 11 is 1.68. The number of rotatable bonds is 4. The molecule has 1 aliphatic heterocycles. The second-order valence-corrected chi connectivity index (χ2v) is 10.7. The molecule has 2 aromatic carbocycles. The third-order valence-corrected chi connectivity index (χ3v) is 7.23. The molecule has 0 unspecified atom stereocenters. The number of benzene rings is 2. The summed E-state index contributed by atoms with van der Waals surface area (Å²) in [5.74, 6) is 0.511. The number of fused-ring (bicyclic) bond motifs is 1. The number of anilines is 2. The topological polar surface area (TPSA) is 76.0 Å². The first-order valence-electron chi connectivity index (χ1n) is 11.4. The molecule has 1 aliphatic carbocycles. The standard InChI is InChI=1S/C27H28N4O2S/c1-16-5-9-18(10-6-16)29-26(33)20-15-28-31-24(17-7-11-19(34-4)12-8-17)23-21(30-25(20)31)13-27(2,3)14-22(23)32/h5-12,15,24,30H,13-14H2,1-4H3,(H,29,33)/t24-/m1/s1. The van der Waals surface area contributed by atoms with E-state index in [1.165, 1.54) is 0 Å². The number of carbonyl (C=O) groups excluding carboxylic acids is 2. The van der Waals surface area contributed by atoms with Crippen LogP contribution in [0.1, 0.15) is 54.2 Å². The van der Waals surface area contributed by atoms with Crippen molar-refractivity contribution in [2.75, 3.05) is 16.9 Å². The van der Waals surface area contributed by atoms with Gasteiger partial charge in [0.05, 0.1) is 6.20 Å². The number of amides is 1. The number of thioether (sulfide) groups is 1. The zero-order valence-electron chi connectivity index (χ0n) is 19.8. The molecule has 7 heteroatoms. The summed E-state index contributed by atoms with van der Waals surface area (Å²) in [5.41, 5.74) is 4.77. The van der Waals surface area contributed by atoms with Crippen LogP contribution < -0.4 is 10.6 Å². The van der Waals surface area contributed by atoms with Gasteiger partial charge >= 0.3 is 0 Å². The van der Waals surface area contributed by atoms with Crippen molar-refractivity contribution in [3.63, 3.8) is 0 Å². The van der Waals surface area contributed by atoms with Gasteiger partial charge in [-0.15, -0.1) is 11.8 Å². The van der Waals surface area contributed by atoms with Gasteiger partial charge in [0.15, 0.2) is 5.78 Å². The molecule has 174 valence electrons. The van der Waals surface area contributed by atoms with Gasteiger partial charge in [0, 0.05) is 28.3 Å². The van der Waals surface area contributed by atoms with Crippen LogP contribution >= 0.6 is 11.8 Å². The molecule has 5 rings (SSSR count). The Bertz CT molecular complexity index is 1300. The smallest absolute Gasteiger partial charge is 0.261 e. The molecule has 2 N–H and O–H groups in total. The number of carbonyl (C=O) groups is 2. The molecule has 0 bridgehead atoms. The van der Waals surface area contributed by atoms with E-state index >= 15 is 0 Å². The molecular weight excluding hydrogens is 444 g/mol. The van der Waals surface area contributed by atoms with Crippen LogP contribution in [-0.2, 0) is 4.79 Å². The lowest BCUT2D eigenvalue weighted by molar-refractivity contribution is -0.118. The van der Waals surface area contributed by atoms with Crippen molar-refractivity contribution in [2.45, 2.75) is 44.6 Å². The second kappa shape index (κ2) is 8.47. The van der Waals surface area contributed by atoms with E-state index in [2.05, 4.69) is 53.8 Å². The molecule has 6 nitrogen and oxygen atoms in total. The molecular formula is C27H28N4O2S. The van der Waals surface area contributed by atoms with Gasteiger partial charge in [-0.25, -0.2) is 4.68 Å². The van der Waals surface area contributed by atoms with Crippen molar-refractivity contribution in [3.05, 3.63) is 82.7 Å². The normalized spacial score (nSPS) is 18.7. The number of nitrogens with one attached hydrogen (secondary N) is 2. The molecule has 34 heavy (non-hydrogen) atoms. The molecule has 0 fully saturated rings. The zero-order valence-corrected chi connectivity index (χ0v) is 20.6. The highest BCUT2D eigenvalue weighted by Gasteiger charge is 2.42. The maximum atomic E-state index is 13.3. The summed E-state index contributed by atoms with van der Waals surface area (Å²) in [5, 5.41) is 11.0. The van der Waals surface area contributed by atoms with E-state index in [-0.39, 0.29) is 23.1 Å². The van der Waals surface area contributed by atoms with E-state index < -0.39 is 0 Å². The van der Waals surface area contributed by atoms with Crippen LogP contribution in [-0.4, -0.2) is 27.7 Å². The van der Waals surface area contributed by atoms with Crippen molar-refractivity contribution in [1.29, 1.82) is 0 Å². The SMILES string of the molecule is CSc1ccc([C@@H]2C3=C(CC(C)(C)CC3=O)Nc3c(C(=O)Nc4ccc(C)cc4)cnn32)cc1. The van der Waals surface area contributed by atoms with Crippen molar-refractivity contribution in [2.24, 2.45) is 5.41 Å². The van der Waals surface area contributed by atoms with Crippen LogP contribution in [0.25, 0.3) is 0 Å². The Morgan fingerprint density at radius 1 is 1.12 bits per heavy atom. The Labute approximate surface area is 203 Å². The summed E-state index contributed by atoms with van der Waals surface area (Å²) < 4.78 is 1.78. The van der Waals surface area contributed by atoms with Gasteiger partial charge in [0.25, 0.3) is 5.91 Å². The number of hydrogen-bond donors (Lipinski definition) is 2. The fourth-order valence-electron chi connectivity index (χ4n) is 4.81. The second-order valence-electron chi connectivity index (χ2n) is 9.81. The summed E-state index contributed by atoms with van der Waals surface area (Å²) in [6, 6.07) is 15.6. The minimum atomic E-state index is -0.369. The summed E-state index contributed by atoms with van der Waals surface area (Å²) in [6.07, 6.45) is 4.85. The average Bonchev–Trinajstić information content (AvgIpc) is 3.22. The zero-order chi connectivity index (χ0) is 24.0. The number of aromatic nitrogens is 2. The van der Waals surface area contributed by atoms with E-state index in [4.69, 9.17) is 0 Å². The first-order valence-corrected chi connectivity index (χ1v) is 12.6. The van der Waals surface area contributed by atoms with Gasteiger partial charge in [-0.05, 0) is 54.8 Å². The van der Waals surface area contributed by atoms with Crippen LogP contribution in [0.5, 0.6) is 0 Å². The van der Waals surface area contributed by atoms with Gasteiger partial charge in [-0.2, -0.15) is 5.10 Å². The maximum absolute atomic E-state index is 13.3. The van der Waals surface area contributed by atoms with E-state index in [0.29, 0.717) is 17.8 Å². The third kappa shape index (κ3) is 4.05. The largest absolute Gasteiger partial charge is 0.343 e. The summed E-state index contributed by atoms with van der Waals surface area (Å²) in [4.78, 5) is 27.7. The summed E-state index contributed by atoms with van der Waals surface area (Å²) in [6.45, 7) is 6.22. The quantitative estimate of drug-likeness (QED) is 0.468. The Morgan fingerprint density at radius 2 is 1.82 bits per heavy atom. The Kier molecular flexibility index (Phi) is 5.60. The number of hydrogen-bond acceptors (Lipinski definition) is 5. The van der Waals surface area contributed by atoms with Gasteiger partial charge in [-0.1, -0.05) is 43.7 Å². The Hall–Kier alpha value is -3.32. The predicted octanol–water partition coefficient (Wildman–Crippen LogP) is 5.82. The minimum absolute atomic E-state index is 0.129. The molecule has 3 aromatic rings. The first kappa shape index (κ1) is 22.5. The molecule has 0 radical (unpaired) electrons. The molecule has 2 heterocycles. The minimum Gasteiger partial charge on any atom is -0.343 e. The lowest BCUT2D eigenvalue weighted by Crippen LogP contribution is -2.37. The molecule has 0 spiro atoms. The van der Waals surface area contributed by atoms with Crippen molar-refractivity contribution >= 4 is 35.0 Å². The van der Waals surface area contributed by atoms with Crippen LogP contribution in [0.4, 0.5) is 11.5 Å². The fourth-order valence-corrected chi connectivity index (χ4v) is 5.22. The highest BCUT2D eigenvalue weighted by Crippen LogP contribution is 2.46. The van der Waals surface area contributed by atoms with E-state index in [1.807, 2.05) is 37.4 Å². The third-order valence-electron chi connectivity index (χ3n) is 6.49. The molecule has 1 amide bonds. The lowest BCUT2D eigenvalue weighted by atomic mass is 9.73. The van der Waals surface area contributed by atoms with E-state index in [1.54, 1.807) is 22.6 Å². The van der Waals surface area contributed by atoms with E-state index in [9.17, 15) is 9.59 Å². The number of Topliss-reactive ketones (excluding diaryl/α,β-unsaturated/α-hetero) is 1. The molecule has 1 aromatic heterocycles. The Morgan fingerprint density at radius 3 is 2.50 bits per heavy atom. The molecule has 1 atom stereocenters. The monoisotopic (exact) mass is 472 g/mol. The molecule has 2 aliphatic rings. The van der Waals surface area contributed by atoms with Gasteiger partial charge in [-0.3, -0.25) is 9.59 Å². The van der Waals surface area contributed by atoms with Crippen molar-refractivity contribution < 1.29 is 9.59 Å². The van der Waals surface area contributed by atoms with Gasteiger partial charge in [0.2, 0.25) is 0 Å². The van der Waals surface area contributed by atoms with Crippen LogP contribution in [0, 0.1) is 12.3 Å². The van der Waals surface area contributed by atoms with Crippen LogP contribution in [0.2, 0.25) is 0 Å². The summed E-state index contributed by atoms with van der Waals surface area (Å²) in [7, 11) is 0. The maximum Gasteiger partial charge on any atom is 0.261 e. The van der Waals surface area contributed by atoms with Crippen LogP contribution in [0.15, 0.2) is 70.9 Å². The van der Waals surface area contributed by atoms with Gasteiger partial charge in [0.1, 0.15) is 17.4 Å². The first-order chi connectivity index (χ1) is 16.3. The number of ketones is 1. The number of aryl methyl sites for hydroxylation is 1. The highest BCUT2D eigenvalue weighted by atomic mass is 32.2. The average molecular weight is 473 g/mol. The Balaban J connectivity index is 1.58. The fraction of sp³-hybridized carbons (Fsp3) is 0.296.